The fourth-order valence-electron chi connectivity index (χ4n) is 4.32. The van der Waals surface area contributed by atoms with Gasteiger partial charge >= 0.3 is 0 Å². The maximum atomic E-state index is 12.9. The second kappa shape index (κ2) is 7.20. The molecule has 7 heteroatoms. The van der Waals surface area contributed by atoms with Crippen molar-refractivity contribution in [1.82, 2.24) is 19.8 Å². The average Bonchev–Trinajstić information content (AvgIpc) is 3.30. The normalized spacial score (nSPS) is 24.3. The summed E-state index contributed by atoms with van der Waals surface area (Å²) in [5, 5.41) is 16.8. The Morgan fingerprint density at radius 1 is 1.26 bits per heavy atom. The molecule has 2 atom stereocenters. The van der Waals surface area contributed by atoms with Gasteiger partial charge in [0.2, 0.25) is 5.91 Å². The summed E-state index contributed by atoms with van der Waals surface area (Å²) in [7, 11) is 2.13. The highest BCUT2D eigenvalue weighted by molar-refractivity contribution is 5.82. The summed E-state index contributed by atoms with van der Waals surface area (Å²) in [6, 6.07) is 8.16. The van der Waals surface area contributed by atoms with Crippen molar-refractivity contribution in [2.75, 3.05) is 38.1 Å². The van der Waals surface area contributed by atoms with Crippen molar-refractivity contribution < 1.29 is 4.79 Å². The second-order valence-electron chi connectivity index (χ2n) is 7.92. The maximum Gasteiger partial charge on any atom is 0.225 e. The molecule has 0 aromatic carbocycles. The van der Waals surface area contributed by atoms with E-state index in [1.165, 1.54) is 0 Å². The number of pyridine rings is 1. The standard InChI is InChI=1S/C20H26N6O/c1-14-12-25(18-4-3-16(11-21)26-19(18)5-8-22-26)13-17(14)20(27)23-15-6-9-24(2)10-7-15/h3-5,8,14-15,17H,6-7,9-10,12-13H2,1-2H3,(H,23,27)/t14-,17?/m0/s1. The molecule has 2 fully saturated rings. The Bertz CT molecular complexity index is 876. The first-order valence-electron chi connectivity index (χ1n) is 9.67. The minimum Gasteiger partial charge on any atom is -0.369 e. The Morgan fingerprint density at radius 3 is 2.78 bits per heavy atom. The summed E-state index contributed by atoms with van der Waals surface area (Å²) in [6.45, 7) is 5.77. The molecule has 1 unspecified atom stereocenters. The summed E-state index contributed by atoms with van der Waals surface area (Å²) in [6.07, 6.45) is 3.77. The first kappa shape index (κ1) is 17.8. The molecule has 4 heterocycles. The van der Waals surface area contributed by atoms with Crippen molar-refractivity contribution in [3.05, 3.63) is 30.1 Å². The van der Waals surface area contributed by atoms with Crippen LogP contribution in [0.2, 0.25) is 0 Å². The summed E-state index contributed by atoms with van der Waals surface area (Å²) in [5.41, 5.74) is 2.47. The third kappa shape index (κ3) is 3.37. The second-order valence-corrected chi connectivity index (χ2v) is 7.92. The highest BCUT2D eigenvalue weighted by Gasteiger charge is 2.36. The van der Waals surface area contributed by atoms with Gasteiger partial charge in [0.15, 0.2) is 0 Å². The zero-order valence-electron chi connectivity index (χ0n) is 15.9. The van der Waals surface area contributed by atoms with E-state index in [0.29, 0.717) is 18.3 Å². The number of fused-ring (bicyclic) bond motifs is 1. The number of nitriles is 1. The number of nitrogens with zero attached hydrogens (tertiary/aromatic N) is 5. The summed E-state index contributed by atoms with van der Waals surface area (Å²) in [4.78, 5) is 17.4. The van der Waals surface area contributed by atoms with Gasteiger partial charge in [0.1, 0.15) is 11.8 Å². The molecule has 2 aromatic rings. The lowest BCUT2D eigenvalue weighted by atomic mass is 9.96. The van der Waals surface area contributed by atoms with Crippen molar-refractivity contribution >= 4 is 17.1 Å². The first-order valence-corrected chi connectivity index (χ1v) is 9.67. The van der Waals surface area contributed by atoms with E-state index in [1.54, 1.807) is 16.8 Å². The maximum absolute atomic E-state index is 12.9. The molecule has 1 amide bonds. The molecule has 0 radical (unpaired) electrons. The molecular formula is C20H26N6O. The summed E-state index contributed by atoms with van der Waals surface area (Å²) in [5.74, 6) is 0.455. The van der Waals surface area contributed by atoms with Gasteiger partial charge in [-0.3, -0.25) is 4.79 Å². The van der Waals surface area contributed by atoms with Crippen LogP contribution in [0.15, 0.2) is 24.4 Å². The molecule has 0 bridgehead atoms. The van der Waals surface area contributed by atoms with Gasteiger partial charge in [-0.25, -0.2) is 4.52 Å². The Labute approximate surface area is 159 Å². The minimum atomic E-state index is -0.0109. The average molecular weight is 366 g/mol. The van der Waals surface area contributed by atoms with Crippen molar-refractivity contribution in [2.45, 2.75) is 25.8 Å². The topological polar surface area (TPSA) is 76.7 Å². The number of hydrogen-bond acceptors (Lipinski definition) is 5. The van der Waals surface area contributed by atoms with Gasteiger partial charge in [-0.2, -0.15) is 10.4 Å². The summed E-state index contributed by atoms with van der Waals surface area (Å²) < 4.78 is 1.67. The molecule has 27 heavy (non-hydrogen) atoms. The Balaban J connectivity index is 1.48. The molecule has 142 valence electrons. The number of rotatable bonds is 3. The lowest BCUT2D eigenvalue weighted by Gasteiger charge is -2.30. The van der Waals surface area contributed by atoms with E-state index in [-0.39, 0.29) is 17.7 Å². The van der Waals surface area contributed by atoms with Crippen molar-refractivity contribution in [3.8, 4) is 6.07 Å². The van der Waals surface area contributed by atoms with Crippen LogP contribution in [-0.2, 0) is 4.79 Å². The molecule has 2 aromatic heterocycles. The van der Waals surface area contributed by atoms with Crippen LogP contribution in [0.5, 0.6) is 0 Å². The Kier molecular flexibility index (Phi) is 4.75. The molecule has 0 saturated carbocycles. The van der Waals surface area contributed by atoms with Crippen LogP contribution < -0.4 is 10.2 Å². The van der Waals surface area contributed by atoms with Crippen molar-refractivity contribution in [1.29, 1.82) is 5.26 Å². The smallest absolute Gasteiger partial charge is 0.225 e. The van der Waals surface area contributed by atoms with Crippen molar-refractivity contribution in [2.24, 2.45) is 11.8 Å². The number of carbonyl (C=O) groups excluding carboxylic acids is 1. The van der Waals surface area contributed by atoms with Crippen LogP contribution >= 0.6 is 0 Å². The number of aromatic nitrogens is 2. The highest BCUT2D eigenvalue weighted by Crippen LogP contribution is 2.31. The highest BCUT2D eigenvalue weighted by atomic mass is 16.2. The Morgan fingerprint density at radius 2 is 2.04 bits per heavy atom. The van der Waals surface area contributed by atoms with E-state index in [0.717, 1.165) is 43.7 Å². The predicted octanol–water partition coefficient (Wildman–Crippen LogP) is 1.49. The number of hydrogen-bond donors (Lipinski definition) is 1. The zero-order valence-corrected chi connectivity index (χ0v) is 15.9. The monoisotopic (exact) mass is 366 g/mol. The molecule has 0 spiro atoms. The van der Waals surface area contributed by atoms with E-state index >= 15 is 0 Å². The fourth-order valence-corrected chi connectivity index (χ4v) is 4.32. The first-order chi connectivity index (χ1) is 13.1. The quantitative estimate of drug-likeness (QED) is 0.891. The van der Waals surface area contributed by atoms with Crippen LogP contribution in [0.25, 0.3) is 5.52 Å². The van der Waals surface area contributed by atoms with Gasteiger partial charge in [-0.05, 0) is 57.1 Å². The largest absolute Gasteiger partial charge is 0.369 e. The fraction of sp³-hybridized carbons (Fsp3) is 0.550. The molecule has 7 nitrogen and oxygen atoms in total. The van der Waals surface area contributed by atoms with Crippen LogP contribution in [0, 0.1) is 23.2 Å². The Hall–Kier alpha value is -2.59. The molecule has 4 rings (SSSR count). The predicted molar refractivity (Wildman–Crippen MR) is 103 cm³/mol. The van der Waals surface area contributed by atoms with E-state index in [2.05, 4.69) is 40.3 Å². The van der Waals surface area contributed by atoms with Gasteiger partial charge in [0.25, 0.3) is 0 Å². The minimum absolute atomic E-state index is 0.0109. The van der Waals surface area contributed by atoms with Gasteiger partial charge in [-0.15, -0.1) is 0 Å². The van der Waals surface area contributed by atoms with E-state index in [4.69, 9.17) is 0 Å². The van der Waals surface area contributed by atoms with Crippen LogP contribution in [0.4, 0.5) is 5.69 Å². The zero-order chi connectivity index (χ0) is 19.0. The molecular weight excluding hydrogens is 340 g/mol. The van der Waals surface area contributed by atoms with Crippen LogP contribution in [-0.4, -0.2) is 59.7 Å². The van der Waals surface area contributed by atoms with Crippen LogP contribution in [0.3, 0.4) is 0 Å². The van der Waals surface area contributed by atoms with Crippen LogP contribution in [0.1, 0.15) is 25.5 Å². The number of anilines is 1. The number of likely N-dealkylation sites (tertiary alicyclic amines) is 1. The lowest BCUT2D eigenvalue weighted by molar-refractivity contribution is -0.126. The molecule has 2 aliphatic rings. The molecule has 2 saturated heterocycles. The van der Waals surface area contributed by atoms with Gasteiger partial charge in [0.05, 0.1) is 23.3 Å². The third-order valence-corrected chi connectivity index (χ3v) is 6.00. The van der Waals surface area contributed by atoms with Gasteiger partial charge in [0, 0.05) is 19.1 Å². The van der Waals surface area contributed by atoms with Gasteiger partial charge in [-0.1, -0.05) is 6.92 Å². The molecule has 1 N–H and O–H groups in total. The number of nitrogens with one attached hydrogen (secondary N) is 1. The van der Waals surface area contributed by atoms with E-state index < -0.39 is 0 Å². The van der Waals surface area contributed by atoms with Crippen molar-refractivity contribution in [3.63, 3.8) is 0 Å². The molecule has 2 aliphatic heterocycles. The summed E-state index contributed by atoms with van der Waals surface area (Å²) >= 11 is 0. The number of piperidine rings is 1. The van der Waals surface area contributed by atoms with Gasteiger partial charge < -0.3 is 15.1 Å². The van der Waals surface area contributed by atoms with E-state index in [9.17, 15) is 10.1 Å². The third-order valence-electron chi connectivity index (χ3n) is 6.00. The SMILES string of the molecule is C[C@H]1CN(c2ccc(C#N)n3nccc23)CC1C(=O)NC1CCN(C)CC1. The lowest BCUT2D eigenvalue weighted by Crippen LogP contribution is -2.46. The number of amides is 1. The molecule has 0 aliphatic carbocycles. The van der Waals surface area contributed by atoms with E-state index in [1.807, 2.05) is 12.1 Å². The number of carbonyl (C=O) groups is 1.